The predicted molar refractivity (Wildman–Crippen MR) is 54.0 cm³/mol. The molecule has 0 saturated carbocycles. The molecule has 0 amide bonds. The van der Waals surface area contributed by atoms with Crippen molar-refractivity contribution in [1.82, 2.24) is 10.2 Å². The number of likely N-dealkylation sites (N-methyl/N-ethyl adjacent to an activating group) is 1. The van der Waals surface area contributed by atoms with Gasteiger partial charge in [0.15, 0.2) is 0 Å². The zero-order chi connectivity index (χ0) is 11.2. The summed E-state index contributed by atoms with van der Waals surface area (Å²) in [7, 11) is 3.73. The third kappa shape index (κ3) is 7.57. The van der Waals surface area contributed by atoms with Gasteiger partial charge >= 0.3 is 5.97 Å². The van der Waals surface area contributed by atoms with E-state index in [0.29, 0.717) is 13.1 Å². The first-order chi connectivity index (χ1) is 6.33. The lowest BCUT2D eigenvalue weighted by Crippen LogP contribution is -2.44. The average molecular weight is 202 g/mol. The molecule has 3 N–H and O–H groups in total. The van der Waals surface area contributed by atoms with Crippen molar-refractivity contribution in [1.29, 1.82) is 0 Å². The Morgan fingerprint density at radius 1 is 1.57 bits per heavy atom. The number of rotatable bonds is 6. The van der Waals surface area contributed by atoms with E-state index in [-0.39, 0.29) is 0 Å². The van der Waals surface area contributed by atoms with Gasteiger partial charge in [0, 0.05) is 25.4 Å². The smallest absolute Gasteiger partial charge is 0.329 e. The van der Waals surface area contributed by atoms with Crippen molar-refractivity contribution in [3.8, 4) is 0 Å². The van der Waals surface area contributed by atoms with Crippen LogP contribution in [0.4, 0.5) is 0 Å². The van der Waals surface area contributed by atoms with E-state index in [1.165, 1.54) is 6.20 Å². The zero-order valence-corrected chi connectivity index (χ0v) is 8.82. The normalized spacial score (nSPS) is 15.8. The quantitative estimate of drug-likeness (QED) is 0.506. The van der Waals surface area contributed by atoms with Crippen molar-refractivity contribution in [3.05, 3.63) is 12.3 Å². The average Bonchev–Trinajstić information content (AvgIpc) is 1.95. The summed E-state index contributed by atoms with van der Waals surface area (Å²) in [4.78, 5) is 12.0. The molecule has 0 aliphatic rings. The minimum absolute atomic E-state index is 0.314. The molecule has 0 bridgehead atoms. The summed E-state index contributed by atoms with van der Waals surface area (Å²) in [5.41, 5.74) is -0.869. The highest BCUT2D eigenvalue weighted by atomic mass is 16.4. The Balaban J connectivity index is 3.81. The van der Waals surface area contributed by atoms with Crippen LogP contribution >= 0.6 is 0 Å². The fourth-order valence-corrected chi connectivity index (χ4v) is 1.15. The first kappa shape index (κ1) is 12.9. The van der Waals surface area contributed by atoms with Crippen molar-refractivity contribution in [3.63, 3.8) is 0 Å². The minimum atomic E-state index is -1.01. The summed E-state index contributed by atoms with van der Waals surface area (Å²) in [5.74, 6) is -1.01. The second kappa shape index (κ2) is 5.62. The first-order valence-corrected chi connectivity index (χ1v) is 4.33. The molecule has 0 aliphatic carbocycles. The van der Waals surface area contributed by atoms with E-state index in [4.69, 9.17) is 5.11 Å². The molecule has 0 fully saturated rings. The van der Waals surface area contributed by atoms with Crippen molar-refractivity contribution < 1.29 is 15.0 Å². The number of hydrogen-bond acceptors (Lipinski definition) is 4. The molecule has 0 heterocycles. The Kier molecular flexibility index (Phi) is 5.19. The second-order valence-electron chi connectivity index (χ2n) is 3.79. The summed E-state index contributed by atoms with van der Waals surface area (Å²) in [6, 6.07) is 0. The maximum absolute atomic E-state index is 10.1. The molecule has 82 valence electrons. The summed E-state index contributed by atoms with van der Waals surface area (Å²) < 4.78 is 0. The van der Waals surface area contributed by atoms with Crippen LogP contribution in [0.15, 0.2) is 12.3 Å². The van der Waals surface area contributed by atoms with Crippen molar-refractivity contribution in [2.24, 2.45) is 0 Å². The van der Waals surface area contributed by atoms with Gasteiger partial charge in [0.25, 0.3) is 0 Å². The van der Waals surface area contributed by atoms with Gasteiger partial charge in [0.05, 0.1) is 5.60 Å². The maximum atomic E-state index is 10.1. The fourth-order valence-electron chi connectivity index (χ4n) is 1.15. The number of carboxylic acid groups (broad SMARTS) is 1. The molecular formula is C9H18N2O3. The lowest BCUT2D eigenvalue weighted by Gasteiger charge is -2.26. The number of aliphatic carboxylic acids is 1. The molecule has 0 rings (SSSR count). The Morgan fingerprint density at radius 3 is 2.57 bits per heavy atom. The van der Waals surface area contributed by atoms with Gasteiger partial charge in [-0.25, -0.2) is 4.79 Å². The van der Waals surface area contributed by atoms with Crippen molar-refractivity contribution in [2.45, 2.75) is 12.5 Å². The third-order valence-electron chi connectivity index (χ3n) is 1.48. The molecular weight excluding hydrogens is 184 g/mol. The van der Waals surface area contributed by atoms with Gasteiger partial charge in [0.1, 0.15) is 0 Å². The largest absolute Gasteiger partial charge is 0.478 e. The lowest BCUT2D eigenvalue weighted by atomic mass is 10.1. The number of carbonyl (C=O) groups is 1. The Labute approximate surface area is 84.0 Å². The van der Waals surface area contributed by atoms with E-state index in [1.54, 1.807) is 6.92 Å². The van der Waals surface area contributed by atoms with Gasteiger partial charge < -0.3 is 20.4 Å². The molecule has 5 nitrogen and oxygen atoms in total. The zero-order valence-electron chi connectivity index (χ0n) is 8.82. The highest BCUT2D eigenvalue weighted by Crippen LogP contribution is 2.01. The van der Waals surface area contributed by atoms with E-state index >= 15 is 0 Å². The van der Waals surface area contributed by atoms with Crippen LogP contribution in [0.2, 0.25) is 0 Å². The molecule has 5 heteroatoms. The molecule has 0 aromatic rings. The number of hydrogen-bond donors (Lipinski definition) is 3. The van der Waals surface area contributed by atoms with Crippen molar-refractivity contribution >= 4 is 5.97 Å². The topological polar surface area (TPSA) is 72.8 Å². The van der Waals surface area contributed by atoms with Gasteiger partial charge in [-0.05, 0) is 21.0 Å². The molecule has 0 aromatic heterocycles. The van der Waals surface area contributed by atoms with E-state index in [0.717, 1.165) is 6.08 Å². The Morgan fingerprint density at radius 2 is 2.14 bits per heavy atom. The number of nitrogens with one attached hydrogen (secondary N) is 1. The highest BCUT2D eigenvalue weighted by molar-refractivity contribution is 5.79. The molecule has 0 aromatic carbocycles. The molecule has 14 heavy (non-hydrogen) atoms. The van der Waals surface area contributed by atoms with Crippen LogP contribution in [-0.2, 0) is 4.79 Å². The maximum Gasteiger partial charge on any atom is 0.329 e. The van der Waals surface area contributed by atoms with Gasteiger partial charge in [-0.2, -0.15) is 0 Å². The van der Waals surface area contributed by atoms with Gasteiger partial charge in [-0.15, -0.1) is 0 Å². The summed E-state index contributed by atoms with van der Waals surface area (Å²) in [6.45, 7) is 2.52. The number of nitrogens with zero attached hydrogens (tertiary/aromatic N) is 1. The van der Waals surface area contributed by atoms with E-state index < -0.39 is 11.6 Å². The first-order valence-electron chi connectivity index (χ1n) is 4.33. The van der Waals surface area contributed by atoms with E-state index in [1.807, 2.05) is 19.0 Å². The predicted octanol–water partition coefficient (Wildman–Crippen LogP) is -0.513. The molecule has 1 unspecified atom stereocenters. The van der Waals surface area contributed by atoms with Crippen molar-refractivity contribution in [2.75, 3.05) is 27.2 Å². The van der Waals surface area contributed by atoms with Crippen LogP contribution in [0, 0.1) is 0 Å². The second-order valence-corrected chi connectivity index (χ2v) is 3.79. The lowest BCUT2D eigenvalue weighted by molar-refractivity contribution is -0.131. The van der Waals surface area contributed by atoms with E-state index in [2.05, 4.69) is 5.32 Å². The van der Waals surface area contributed by atoms with Crippen LogP contribution in [0.3, 0.4) is 0 Å². The van der Waals surface area contributed by atoms with Crippen LogP contribution in [0.1, 0.15) is 6.92 Å². The molecule has 1 atom stereocenters. The minimum Gasteiger partial charge on any atom is -0.478 e. The van der Waals surface area contributed by atoms with Gasteiger partial charge in [0.2, 0.25) is 0 Å². The standard InChI is InChI=1S/C9H18N2O3/c1-9(14,7-11(2)3)6-10-5-4-8(12)13/h4-5,10,14H,6-7H2,1-3H3,(H,12,13)/b5-4+. The summed E-state index contributed by atoms with van der Waals surface area (Å²) in [5, 5.41) is 20.8. The van der Waals surface area contributed by atoms with Gasteiger partial charge in [-0.1, -0.05) is 0 Å². The Bertz CT molecular complexity index is 212. The summed E-state index contributed by atoms with van der Waals surface area (Å²) >= 11 is 0. The van der Waals surface area contributed by atoms with Crippen LogP contribution in [-0.4, -0.2) is 53.9 Å². The molecule has 0 saturated heterocycles. The number of aliphatic hydroxyl groups is 1. The molecule has 0 radical (unpaired) electrons. The van der Waals surface area contributed by atoms with E-state index in [9.17, 15) is 9.90 Å². The highest BCUT2D eigenvalue weighted by Gasteiger charge is 2.19. The molecule has 0 aliphatic heterocycles. The monoisotopic (exact) mass is 202 g/mol. The van der Waals surface area contributed by atoms with Crippen LogP contribution in [0.5, 0.6) is 0 Å². The van der Waals surface area contributed by atoms with Gasteiger partial charge in [-0.3, -0.25) is 0 Å². The Hall–Kier alpha value is -1.07. The van der Waals surface area contributed by atoms with Crippen LogP contribution in [0.25, 0.3) is 0 Å². The third-order valence-corrected chi connectivity index (χ3v) is 1.48. The number of carboxylic acids is 1. The summed E-state index contributed by atoms with van der Waals surface area (Å²) in [6.07, 6.45) is 2.30. The molecule has 0 spiro atoms. The van der Waals surface area contributed by atoms with Crippen LogP contribution < -0.4 is 5.32 Å². The fraction of sp³-hybridized carbons (Fsp3) is 0.667. The SMILES string of the molecule is CN(C)CC(C)(O)CN/C=C/C(=O)O.